The Kier molecular flexibility index (Phi) is 3.23. The average molecular weight is 233 g/mol. The maximum absolute atomic E-state index is 12.7. The van der Waals surface area contributed by atoms with Crippen LogP contribution >= 0.6 is 0 Å². The second kappa shape index (κ2) is 4.82. The van der Waals surface area contributed by atoms with E-state index in [9.17, 15) is 13.6 Å². The van der Waals surface area contributed by atoms with E-state index in [2.05, 4.69) is 4.98 Å². The van der Waals surface area contributed by atoms with Crippen LogP contribution in [-0.4, -0.2) is 10.8 Å². The summed E-state index contributed by atoms with van der Waals surface area (Å²) in [7, 11) is 0. The van der Waals surface area contributed by atoms with E-state index in [4.69, 9.17) is 0 Å². The monoisotopic (exact) mass is 233 g/mol. The van der Waals surface area contributed by atoms with Crippen molar-refractivity contribution in [3.8, 4) is 0 Å². The highest BCUT2D eigenvalue weighted by atomic mass is 19.1. The molecule has 17 heavy (non-hydrogen) atoms. The number of carbonyl (C=O) groups is 1. The van der Waals surface area contributed by atoms with E-state index in [0.717, 1.165) is 6.20 Å². The van der Waals surface area contributed by atoms with Crippen molar-refractivity contribution in [3.05, 3.63) is 65.5 Å². The first-order valence-corrected chi connectivity index (χ1v) is 5.04. The van der Waals surface area contributed by atoms with Gasteiger partial charge in [0.2, 0.25) is 0 Å². The van der Waals surface area contributed by atoms with Crippen molar-refractivity contribution in [3.63, 3.8) is 0 Å². The van der Waals surface area contributed by atoms with Crippen LogP contribution in [0.4, 0.5) is 8.78 Å². The van der Waals surface area contributed by atoms with Crippen molar-refractivity contribution < 1.29 is 13.6 Å². The van der Waals surface area contributed by atoms with E-state index >= 15 is 0 Å². The molecule has 4 heteroatoms. The second-order valence-corrected chi connectivity index (χ2v) is 3.59. The van der Waals surface area contributed by atoms with Gasteiger partial charge in [-0.15, -0.1) is 0 Å². The minimum Gasteiger partial charge on any atom is -0.292 e. The lowest BCUT2D eigenvalue weighted by Gasteiger charge is -2.00. The molecule has 0 amide bonds. The van der Waals surface area contributed by atoms with Gasteiger partial charge in [0, 0.05) is 6.42 Å². The molecule has 0 aliphatic rings. The molecule has 0 aliphatic carbocycles. The molecule has 2 rings (SSSR count). The Hall–Kier alpha value is -2.10. The molecule has 0 atom stereocenters. The van der Waals surface area contributed by atoms with Gasteiger partial charge in [-0.2, -0.15) is 0 Å². The highest BCUT2D eigenvalue weighted by molar-refractivity contribution is 5.95. The Labute approximate surface area is 96.9 Å². The molecule has 86 valence electrons. The molecule has 1 heterocycles. The van der Waals surface area contributed by atoms with Crippen LogP contribution in [0.2, 0.25) is 0 Å². The van der Waals surface area contributed by atoms with Crippen LogP contribution in [-0.2, 0) is 6.42 Å². The van der Waals surface area contributed by atoms with Crippen molar-refractivity contribution in [2.24, 2.45) is 0 Å². The molecule has 0 N–H and O–H groups in total. The number of halogens is 2. The lowest BCUT2D eigenvalue weighted by Crippen LogP contribution is -2.05. The van der Waals surface area contributed by atoms with Gasteiger partial charge in [0.1, 0.15) is 17.3 Å². The summed E-state index contributed by atoms with van der Waals surface area (Å²) in [5.41, 5.74) is 0.901. The Balaban J connectivity index is 2.11. The SMILES string of the molecule is O=C(Cc1ccc(F)cc1)c1ccc(F)cn1. The molecule has 0 radical (unpaired) electrons. The van der Waals surface area contributed by atoms with Crippen LogP contribution in [0.1, 0.15) is 16.1 Å². The number of ketones is 1. The summed E-state index contributed by atoms with van der Waals surface area (Å²) in [6.07, 6.45) is 1.12. The molecule has 1 aromatic heterocycles. The summed E-state index contributed by atoms with van der Waals surface area (Å²) < 4.78 is 25.3. The Bertz CT molecular complexity index is 520. The topological polar surface area (TPSA) is 30.0 Å². The van der Waals surface area contributed by atoms with Crippen LogP contribution in [0.25, 0.3) is 0 Å². The number of hydrogen-bond acceptors (Lipinski definition) is 2. The van der Waals surface area contributed by atoms with Gasteiger partial charge >= 0.3 is 0 Å². The van der Waals surface area contributed by atoms with Crippen molar-refractivity contribution in [1.29, 1.82) is 0 Å². The molecule has 0 spiro atoms. The van der Waals surface area contributed by atoms with Crippen molar-refractivity contribution in [2.75, 3.05) is 0 Å². The first-order valence-electron chi connectivity index (χ1n) is 5.04. The van der Waals surface area contributed by atoms with Crippen LogP contribution in [0.5, 0.6) is 0 Å². The smallest absolute Gasteiger partial charge is 0.185 e. The minimum atomic E-state index is -0.483. The normalized spacial score (nSPS) is 10.2. The fraction of sp³-hybridized carbons (Fsp3) is 0.0769. The van der Waals surface area contributed by atoms with Gasteiger partial charge in [-0.3, -0.25) is 9.78 Å². The number of Topliss-reactive ketones (excluding diaryl/α,β-unsaturated/α-hetero) is 1. The molecule has 2 nitrogen and oxygen atoms in total. The average Bonchev–Trinajstić information content (AvgIpc) is 2.33. The van der Waals surface area contributed by atoms with Gasteiger partial charge in [0.25, 0.3) is 0 Å². The minimum absolute atomic E-state index is 0.124. The highest BCUT2D eigenvalue weighted by Gasteiger charge is 2.08. The summed E-state index contributed by atoms with van der Waals surface area (Å²) in [6.45, 7) is 0. The number of benzene rings is 1. The van der Waals surface area contributed by atoms with Crippen molar-refractivity contribution in [2.45, 2.75) is 6.42 Å². The molecule has 0 saturated carbocycles. The zero-order valence-electron chi connectivity index (χ0n) is 8.86. The third-order valence-corrected chi connectivity index (χ3v) is 2.29. The molecule has 1 aromatic carbocycles. The van der Waals surface area contributed by atoms with Gasteiger partial charge in [-0.25, -0.2) is 8.78 Å². The van der Waals surface area contributed by atoms with E-state index in [1.807, 2.05) is 0 Å². The summed E-state index contributed by atoms with van der Waals surface area (Å²) in [4.78, 5) is 15.4. The van der Waals surface area contributed by atoms with Crippen molar-refractivity contribution in [1.82, 2.24) is 4.98 Å². The molecule has 0 fully saturated rings. The quantitative estimate of drug-likeness (QED) is 0.763. The fourth-order valence-electron chi connectivity index (χ4n) is 1.42. The maximum Gasteiger partial charge on any atom is 0.185 e. The Morgan fingerprint density at radius 3 is 2.24 bits per heavy atom. The molecule has 0 bridgehead atoms. The molecule has 2 aromatic rings. The third-order valence-electron chi connectivity index (χ3n) is 2.29. The largest absolute Gasteiger partial charge is 0.292 e. The predicted octanol–water partition coefficient (Wildman–Crippen LogP) is 2.79. The van der Waals surface area contributed by atoms with E-state index in [1.54, 1.807) is 0 Å². The van der Waals surface area contributed by atoms with Crippen LogP contribution in [0, 0.1) is 11.6 Å². The maximum atomic E-state index is 12.7. The molecular weight excluding hydrogens is 224 g/mol. The Morgan fingerprint density at radius 2 is 1.65 bits per heavy atom. The lowest BCUT2D eigenvalue weighted by atomic mass is 10.1. The molecular formula is C13H9F2NO. The van der Waals surface area contributed by atoms with Gasteiger partial charge in [0.15, 0.2) is 5.78 Å². The van der Waals surface area contributed by atoms with Gasteiger partial charge in [-0.05, 0) is 29.8 Å². The Morgan fingerprint density at radius 1 is 1.00 bits per heavy atom. The van der Waals surface area contributed by atoms with E-state index in [0.29, 0.717) is 5.56 Å². The van der Waals surface area contributed by atoms with E-state index < -0.39 is 5.82 Å². The van der Waals surface area contributed by atoms with Crippen LogP contribution in [0.3, 0.4) is 0 Å². The number of hydrogen-bond donors (Lipinski definition) is 0. The highest BCUT2D eigenvalue weighted by Crippen LogP contribution is 2.07. The van der Waals surface area contributed by atoms with Gasteiger partial charge in [-0.1, -0.05) is 12.1 Å². The number of aromatic nitrogens is 1. The predicted molar refractivity (Wildman–Crippen MR) is 58.6 cm³/mol. The van der Waals surface area contributed by atoms with Crippen LogP contribution < -0.4 is 0 Å². The zero-order valence-corrected chi connectivity index (χ0v) is 8.86. The van der Waals surface area contributed by atoms with Crippen LogP contribution in [0.15, 0.2) is 42.6 Å². The first kappa shape index (κ1) is 11.4. The third kappa shape index (κ3) is 2.93. The standard InChI is InChI=1S/C13H9F2NO/c14-10-3-1-9(2-4-10)7-13(17)12-6-5-11(15)8-16-12/h1-6,8H,7H2. The number of carbonyl (C=O) groups excluding carboxylic acids is 1. The fourth-order valence-corrected chi connectivity index (χ4v) is 1.42. The summed E-state index contributed by atoms with van der Waals surface area (Å²) in [5, 5.41) is 0. The van der Waals surface area contributed by atoms with E-state index in [1.165, 1.54) is 36.4 Å². The summed E-state index contributed by atoms with van der Waals surface area (Å²) in [6, 6.07) is 8.18. The van der Waals surface area contributed by atoms with E-state index in [-0.39, 0.29) is 23.7 Å². The number of nitrogens with zero attached hydrogens (tertiary/aromatic N) is 1. The molecule has 0 aliphatic heterocycles. The first-order chi connectivity index (χ1) is 8.15. The van der Waals surface area contributed by atoms with Gasteiger partial charge in [0.05, 0.1) is 6.20 Å². The summed E-state index contributed by atoms with van der Waals surface area (Å²) >= 11 is 0. The van der Waals surface area contributed by atoms with Crippen molar-refractivity contribution >= 4 is 5.78 Å². The number of rotatable bonds is 3. The second-order valence-electron chi connectivity index (χ2n) is 3.59. The van der Waals surface area contributed by atoms with Gasteiger partial charge < -0.3 is 0 Å². The zero-order chi connectivity index (χ0) is 12.3. The molecule has 0 unspecified atom stereocenters. The number of pyridine rings is 1. The summed E-state index contributed by atoms with van der Waals surface area (Å²) in [5.74, 6) is -1.05. The molecule has 0 saturated heterocycles. The lowest BCUT2D eigenvalue weighted by molar-refractivity contribution is 0.0988.